The fraction of sp³-hybridized carbons (Fsp3) is 0.179. The first kappa shape index (κ1) is 24.6. The summed E-state index contributed by atoms with van der Waals surface area (Å²) in [5.41, 5.74) is 2.00. The molecule has 1 aromatic heterocycles. The van der Waals surface area contributed by atoms with Gasteiger partial charge in [-0.15, -0.1) is 0 Å². The molecule has 39 heavy (non-hydrogen) atoms. The number of nitrogens with zero attached hydrogens (tertiary/aromatic N) is 3. The number of methoxy groups -OCH3 is 1. The molecule has 0 aliphatic carbocycles. The maximum Gasteiger partial charge on any atom is 0.301 e. The zero-order chi connectivity index (χ0) is 27.4. The summed E-state index contributed by atoms with van der Waals surface area (Å²) in [4.78, 5) is 43.5. The van der Waals surface area contributed by atoms with E-state index in [2.05, 4.69) is 4.98 Å². The zero-order valence-electron chi connectivity index (χ0n) is 20.8. The second kappa shape index (κ2) is 9.21. The van der Waals surface area contributed by atoms with Crippen LogP contribution in [-0.4, -0.2) is 39.9 Å². The number of hydrogen-bond acceptors (Lipinski definition) is 9. The number of aromatic nitrogens is 1. The molecule has 0 spiro atoms. The van der Waals surface area contributed by atoms with Crippen molar-refractivity contribution in [3.05, 3.63) is 93.0 Å². The largest absolute Gasteiger partial charge is 0.507 e. The van der Waals surface area contributed by atoms with E-state index in [4.69, 9.17) is 9.47 Å². The van der Waals surface area contributed by atoms with E-state index in [1.807, 2.05) is 6.92 Å². The summed E-state index contributed by atoms with van der Waals surface area (Å²) in [7, 11) is 1.54. The Hall–Kier alpha value is -4.77. The van der Waals surface area contributed by atoms with Crippen molar-refractivity contribution in [3.8, 4) is 11.5 Å². The van der Waals surface area contributed by atoms with Gasteiger partial charge in [0.25, 0.3) is 11.5 Å². The first-order valence-electron chi connectivity index (χ1n) is 12.0. The topological polar surface area (TPSA) is 132 Å². The number of thiazole rings is 1. The summed E-state index contributed by atoms with van der Waals surface area (Å²) in [5, 5.41) is 23.0. The first-order valence-corrected chi connectivity index (χ1v) is 12.9. The molecule has 0 saturated carbocycles. The van der Waals surface area contributed by atoms with Crippen LogP contribution in [0.5, 0.6) is 11.5 Å². The molecule has 196 valence electrons. The molecule has 1 fully saturated rings. The van der Waals surface area contributed by atoms with Crippen LogP contribution in [0.25, 0.3) is 16.0 Å². The Bertz CT molecular complexity index is 1710. The number of nitro groups is 1. The number of Topliss-reactive ketones (excluding diaryl/α,β-unsaturated/α-hetero) is 1. The highest BCUT2D eigenvalue weighted by atomic mass is 32.1. The van der Waals surface area contributed by atoms with Gasteiger partial charge >= 0.3 is 5.91 Å². The Morgan fingerprint density at radius 2 is 1.92 bits per heavy atom. The molecule has 10 nitrogen and oxygen atoms in total. The SMILES string of the molecule is COc1ccc2nc(N3C(=O)C(=O)C(=C(O)c4ccc5c(c4)CC(C)O5)C3c3ccc([N+](=O)[O-])cc3)sc2c1. The Labute approximate surface area is 225 Å². The third-order valence-corrected chi connectivity index (χ3v) is 7.84. The molecule has 1 saturated heterocycles. The number of anilines is 1. The minimum atomic E-state index is -1.06. The standard InChI is InChI=1S/C28H21N3O7S/c1-14-11-17-12-16(5-10-21(17)38-14)25(32)23-24(15-3-6-18(7-4-15)31(35)36)30(27(34)26(23)33)28-29-20-9-8-19(37-2)13-22(20)39-28/h3-10,12-14,24,32H,11H2,1-2H3. The van der Waals surface area contributed by atoms with Crippen molar-refractivity contribution in [2.24, 2.45) is 0 Å². The average Bonchev–Trinajstić information content (AvgIpc) is 3.59. The maximum atomic E-state index is 13.5. The second-order valence-corrected chi connectivity index (χ2v) is 10.3. The summed E-state index contributed by atoms with van der Waals surface area (Å²) >= 11 is 1.20. The number of carbonyl (C=O) groups excluding carboxylic acids is 2. The van der Waals surface area contributed by atoms with Gasteiger partial charge in [-0.3, -0.25) is 24.6 Å². The molecule has 1 amide bonds. The summed E-state index contributed by atoms with van der Waals surface area (Å²) in [6.45, 7) is 1.94. The van der Waals surface area contributed by atoms with Crippen LogP contribution in [0.1, 0.15) is 29.7 Å². The molecular weight excluding hydrogens is 522 g/mol. The number of hydrogen-bond donors (Lipinski definition) is 1. The summed E-state index contributed by atoms with van der Waals surface area (Å²) < 4.78 is 11.8. The lowest BCUT2D eigenvalue weighted by atomic mass is 9.94. The van der Waals surface area contributed by atoms with Gasteiger partial charge in [0.1, 0.15) is 23.4 Å². The molecule has 11 heteroatoms. The number of non-ortho nitro benzene ring substituents is 1. The molecule has 2 unspecified atom stereocenters. The fourth-order valence-electron chi connectivity index (χ4n) is 4.97. The number of ketones is 1. The van der Waals surface area contributed by atoms with Crippen LogP contribution in [0, 0.1) is 10.1 Å². The van der Waals surface area contributed by atoms with E-state index in [0.717, 1.165) is 10.3 Å². The highest BCUT2D eigenvalue weighted by molar-refractivity contribution is 7.22. The van der Waals surface area contributed by atoms with Crippen LogP contribution in [0.4, 0.5) is 10.8 Å². The molecule has 2 aliphatic rings. The van der Waals surface area contributed by atoms with E-state index in [1.54, 1.807) is 43.5 Å². The van der Waals surface area contributed by atoms with Crippen molar-refractivity contribution in [2.75, 3.05) is 12.0 Å². The van der Waals surface area contributed by atoms with Crippen molar-refractivity contribution < 1.29 is 29.1 Å². The van der Waals surface area contributed by atoms with Crippen LogP contribution >= 0.6 is 11.3 Å². The van der Waals surface area contributed by atoms with Crippen molar-refractivity contribution in [1.29, 1.82) is 0 Å². The Balaban J connectivity index is 1.52. The molecule has 0 bridgehead atoms. The number of aliphatic hydroxyl groups is 1. The van der Waals surface area contributed by atoms with Gasteiger partial charge in [0.15, 0.2) is 5.13 Å². The van der Waals surface area contributed by atoms with Crippen LogP contribution in [0.2, 0.25) is 0 Å². The fourth-order valence-corrected chi connectivity index (χ4v) is 5.99. The number of amides is 1. The maximum absolute atomic E-state index is 13.5. The number of fused-ring (bicyclic) bond motifs is 2. The molecule has 1 N–H and O–H groups in total. The molecular formula is C28H21N3O7S. The molecule has 4 aromatic rings. The van der Waals surface area contributed by atoms with E-state index < -0.39 is 22.7 Å². The lowest BCUT2D eigenvalue weighted by molar-refractivity contribution is -0.384. The highest BCUT2D eigenvalue weighted by Crippen LogP contribution is 2.45. The quantitative estimate of drug-likeness (QED) is 0.120. The summed E-state index contributed by atoms with van der Waals surface area (Å²) in [5.74, 6) is -0.760. The van der Waals surface area contributed by atoms with Gasteiger partial charge < -0.3 is 14.6 Å². The predicted octanol–water partition coefficient (Wildman–Crippen LogP) is 5.16. The zero-order valence-corrected chi connectivity index (χ0v) is 21.6. The van der Waals surface area contributed by atoms with E-state index in [9.17, 15) is 24.8 Å². The van der Waals surface area contributed by atoms with Gasteiger partial charge in [0, 0.05) is 24.1 Å². The van der Waals surface area contributed by atoms with Gasteiger partial charge in [-0.2, -0.15) is 0 Å². The Morgan fingerprint density at radius 3 is 2.64 bits per heavy atom. The minimum absolute atomic E-state index is 0.0132. The molecule has 2 atom stereocenters. The van der Waals surface area contributed by atoms with Gasteiger partial charge in [-0.1, -0.05) is 11.3 Å². The van der Waals surface area contributed by atoms with Gasteiger partial charge in [-0.25, -0.2) is 4.98 Å². The monoisotopic (exact) mass is 543 g/mol. The lowest BCUT2D eigenvalue weighted by Gasteiger charge is -2.23. The van der Waals surface area contributed by atoms with Crippen molar-refractivity contribution in [1.82, 2.24) is 4.98 Å². The van der Waals surface area contributed by atoms with E-state index >= 15 is 0 Å². The number of rotatable bonds is 5. The molecule has 6 rings (SSSR count). The number of benzene rings is 3. The van der Waals surface area contributed by atoms with Crippen LogP contribution in [0.3, 0.4) is 0 Å². The normalized spacial score (nSPS) is 19.8. The van der Waals surface area contributed by atoms with Crippen LogP contribution < -0.4 is 14.4 Å². The van der Waals surface area contributed by atoms with Gasteiger partial charge in [0.05, 0.1) is 33.9 Å². The Kier molecular flexibility index (Phi) is 5.80. The predicted molar refractivity (Wildman–Crippen MR) is 144 cm³/mol. The molecule has 2 aliphatic heterocycles. The van der Waals surface area contributed by atoms with Gasteiger partial charge in [-0.05, 0) is 66.6 Å². The van der Waals surface area contributed by atoms with E-state index in [0.29, 0.717) is 34.6 Å². The smallest absolute Gasteiger partial charge is 0.301 e. The minimum Gasteiger partial charge on any atom is -0.507 e. The number of nitro benzene ring substituents is 1. The lowest BCUT2D eigenvalue weighted by Crippen LogP contribution is -2.29. The third kappa shape index (κ3) is 4.07. The molecule has 3 heterocycles. The van der Waals surface area contributed by atoms with Crippen LogP contribution in [-0.2, 0) is 16.0 Å². The Morgan fingerprint density at radius 1 is 1.15 bits per heavy atom. The highest BCUT2D eigenvalue weighted by Gasteiger charge is 2.48. The average molecular weight is 544 g/mol. The number of carbonyl (C=O) groups is 2. The van der Waals surface area contributed by atoms with E-state index in [-0.39, 0.29) is 28.3 Å². The van der Waals surface area contributed by atoms with E-state index in [1.165, 1.54) is 40.5 Å². The molecule has 3 aromatic carbocycles. The molecule has 0 radical (unpaired) electrons. The number of ether oxygens (including phenoxy) is 2. The second-order valence-electron chi connectivity index (χ2n) is 9.30. The van der Waals surface area contributed by atoms with Crippen molar-refractivity contribution in [3.63, 3.8) is 0 Å². The van der Waals surface area contributed by atoms with Crippen LogP contribution in [0.15, 0.2) is 66.2 Å². The van der Waals surface area contributed by atoms with Gasteiger partial charge in [0.2, 0.25) is 0 Å². The van der Waals surface area contributed by atoms with Crippen molar-refractivity contribution >= 4 is 49.8 Å². The summed E-state index contributed by atoms with van der Waals surface area (Å²) in [6.07, 6.45) is 0.631. The first-order chi connectivity index (χ1) is 18.7. The summed E-state index contributed by atoms with van der Waals surface area (Å²) in [6, 6.07) is 14.9. The third-order valence-electron chi connectivity index (χ3n) is 6.82. The number of aliphatic hydroxyl groups excluding tert-OH is 1. The van der Waals surface area contributed by atoms with Crippen molar-refractivity contribution in [2.45, 2.75) is 25.5 Å².